The van der Waals surface area contributed by atoms with Crippen molar-refractivity contribution in [1.82, 2.24) is 0 Å². The summed E-state index contributed by atoms with van der Waals surface area (Å²) in [6.07, 6.45) is 65.3. The molecule has 0 spiro atoms. The molecule has 0 saturated carbocycles. The quantitative estimate of drug-likeness (QED) is 0.0262. The van der Waals surface area contributed by atoms with Crippen molar-refractivity contribution in [2.24, 2.45) is 0 Å². The molecule has 0 aromatic heterocycles. The minimum absolute atomic E-state index is 0.0750. The molecular weight excluding hydrogens is 805 g/mol. The molecular formula is C59H106O6. The molecule has 1 unspecified atom stereocenters. The van der Waals surface area contributed by atoms with E-state index in [4.69, 9.17) is 14.2 Å². The van der Waals surface area contributed by atoms with Crippen LogP contribution in [-0.2, 0) is 28.6 Å². The van der Waals surface area contributed by atoms with E-state index in [1.54, 1.807) is 0 Å². The molecule has 0 aromatic carbocycles. The van der Waals surface area contributed by atoms with Crippen LogP contribution in [0, 0.1) is 0 Å². The Morgan fingerprint density at radius 1 is 0.323 bits per heavy atom. The van der Waals surface area contributed by atoms with Gasteiger partial charge in [-0.25, -0.2) is 0 Å². The Bertz CT molecular complexity index is 1140. The molecule has 0 aliphatic heterocycles. The van der Waals surface area contributed by atoms with Gasteiger partial charge in [-0.1, -0.05) is 243 Å². The van der Waals surface area contributed by atoms with Crippen molar-refractivity contribution in [3.63, 3.8) is 0 Å². The molecule has 1 atom stereocenters. The first-order chi connectivity index (χ1) is 32.0. The number of hydrogen-bond donors (Lipinski definition) is 0. The van der Waals surface area contributed by atoms with Gasteiger partial charge >= 0.3 is 17.9 Å². The maximum Gasteiger partial charge on any atom is 0.306 e. The predicted octanol–water partition coefficient (Wildman–Crippen LogP) is 18.7. The van der Waals surface area contributed by atoms with Gasteiger partial charge in [0, 0.05) is 19.3 Å². The molecule has 0 aliphatic rings. The molecule has 0 fully saturated rings. The molecule has 0 aliphatic carbocycles. The second-order valence-corrected chi connectivity index (χ2v) is 18.8. The first kappa shape index (κ1) is 62.4. The van der Waals surface area contributed by atoms with E-state index in [1.165, 1.54) is 167 Å². The van der Waals surface area contributed by atoms with Gasteiger partial charge in [-0.05, 0) is 77.0 Å². The zero-order valence-corrected chi connectivity index (χ0v) is 43.3. The Labute approximate surface area is 403 Å². The molecule has 6 heteroatoms. The Hall–Kier alpha value is -2.63. The Morgan fingerprint density at radius 3 is 0.954 bits per heavy atom. The van der Waals surface area contributed by atoms with Gasteiger partial charge in [0.1, 0.15) is 13.2 Å². The van der Waals surface area contributed by atoms with Gasteiger partial charge in [0.25, 0.3) is 0 Å². The summed E-state index contributed by atoms with van der Waals surface area (Å²) in [4.78, 5) is 38.1. The summed E-state index contributed by atoms with van der Waals surface area (Å²) in [6, 6.07) is 0. The first-order valence-corrected chi connectivity index (χ1v) is 28.1. The van der Waals surface area contributed by atoms with E-state index in [2.05, 4.69) is 69.4 Å². The SMILES string of the molecule is CC/C=C\C/C=C\C/C=C\CCCCCCCCCC(=O)OC(COC(=O)CCCCCCCCCCC/C=C\CCCCCCCC)COC(=O)CCCCCCCCCCCCC. The van der Waals surface area contributed by atoms with Crippen molar-refractivity contribution in [2.45, 2.75) is 297 Å². The highest BCUT2D eigenvalue weighted by Gasteiger charge is 2.19. The van der Waals surface area contributed by atoms with Gasteiger partial charge in [-0.15, -0.1) is 0 Å². The minimum atomic E-state index is -0.776. The third-order valence-corrected chi connectivity index (χ3v) is 12.3. The lowest BCUT2D eigenvalue weighted by Gasteiger charge is -2.18. The van der Waals surface area contributed by atoms with Gasteiger partial charge < -0.3 is 14.2 Å². The number of ether oxygens (including phenoxy) is 3. The number of carbonyl (C=O) groups is 3. The van der Waals surface area contributed by atoms with Gasteiger partial charge in [0.15, 0.2) is 6.10 Å². The minimum Gasteiger partial charge on any atom is -0.462 e. The smallest absolute Gasteiger partial charge is 0.306 e. The van der Waals surface area contributed by atoms with Crippen LogP contribution in [0.25, 0.3) is 0 Å². The molecule has 0 saturated heterocycles. The zero-order chi connectivity index (χ0) is 47.2. The van der Waals surface area contributed by atoms with Crippen LogP contribution in [-0.4, -0.2) is 37.2 Å². The number of carbonyl (C=O) groups excluding carboxylic acids is 3. The first-order valence-electron chi connectivity index (χ1n) is 28.1. The molecule has 0 rings (SSSR count). The monoisotopic (exact) mass is 911 g/mol. The fourth-order valence-electron chi connectivity index (χ4n) is 8.10. The van der Waals surface area contributed by atoms with Crippen LogP contribution in [0.2, 0.25) is 0 Å². The lowest BCUT2D eigenvalue weighted by atomic mass is 10.1. The fraction of sp³-hybridized carbons (Fsp3) is 0.814. The topological polar surface area (TPSA) is 78.9 Å². The maximum absolute atomic E-state index is 12.8. The third-order valence-electron chi connectivity index (χ3n) is 12.3. The van der Waals surface area contributed by atoms with Crippen LogP contribution in [0.4, 0.5) is 0 Å². The fourth-order valence-corrected chi connectivity index (χ4v) is 8.10. The van der Waals surface area contributed by atoms with Gasteiger partial charge in [0.05, 0.1) is 0 Å². The number of hydrogen-bond acceptors (Lipinski definition) is 6. The molecule has 0 amide bonds. The average Bonchev–Trinajstić information content (AvgIpc) is 3.30. The van der Waals surface area contributed by atoms with Crippen LogP contribution in [0.5, 0.6) is 0 Å². The summed E-state index contributed by atoms with van der Waals surface area (Å²) < 4.78 is 16.8. The van der Waals surface area contributed by atoms with E-state index in [1.807, 2.05) is 0 Å². The molecule has 0 N–H and O–H groups in total. The average molecular weight is 911 g/mol. The summed E-state index contributed by atoms with van der Waals surface area (Å²) in [5.41, 5.74) is 0. The van der Waals surface area contributed by atoms with Gasteiger partial charge in [-0.3, -0.25) is 14.4 Å². The molecule has 378 valence electrons. The van der Waals surface area contributed by atoms with Crippen molar-refractivity contribution < 1.29 is 28.6 Å². The van der Waals surface area contributed by atoms with E-state index in [0.29, 0.717) is 19.3 Å². The second kappa shape index (κ2) is 54.0. The normalized spacial score (nSPS) is 12.4. The molecule has 6 nitrogen and oxygen atoms in total. The van der Waals surface area contributed by atoms with Crippen molar-refractivity contribution in [3.8, 4) is 0 Å². The number of esters is 3. The Kier molecular flexibility index (Phi) is 51.8. The van der Waals surface area contributed by atoms with Crippen molar-refractivity contribution in [2.75, 3.05) is 13.2 Å². The van der Waals surface area contributed by atoms with Gasteiger partial charge in [-0.2, -0.15) is 0 Å². The van der Waals surface area contributed by atoms with Crippen LogP contribution in [0.1, 0.15) is 290 Å². The lowest BCUT2D eigenvalue weighted by molar-refractivity contribution is -0.167. The summed E-state index contributed by atoms with van der Waals surface area (Å²) in [5, 5.41) is 0. The Balaban J connectivity index is 4.32. The van der Waals surface area contributed by atoms with E-state index in [-0.39, 0.29) is 31.1 Å². The van der Waals surface area contributed by atoms with E-state index < -0.39 is 6.10 Å². The third kappa shape index (κ3) is 52.2. The standard InChI is InChI=1S/C59H106O6/c1-4-7-10-13-16-19-22-24-26-28-29-31-32-34-37-40-43-46-49-52-58(61)64-55-56(54-63-57(60)51-48-45-42-39-36-21-18-15-12-9-6-3)65-59(62)53-50-47-44-41-38-35-33-30-27-25-23-20-17-14-11-8-5-2/h8,11,17,20,24-27,56H,4-7,9-10,12-16,18-19,21-23,28-55H2,1-3H3/b11-8-,20-17-,26-24-,27-25-. The predicted molar refractivity (Wildman–Crippen MR) is 279 cm³/mol. The van der Waals surface area contributed by atoms with E-state index in [0.717, 1.165) is 83.5 Å². The summed E-state index contributed by atoms with van der Waals surface area (Å²) in [6.45, 7) is 6.54. The Morgan fingerprint density at radius 2 is 0.600 bits per heavy atom. The zero-order valence-electron chi connectivity index (χ0n) is 43.3. The number of unbranched alkanes of at least 4 members (excludes halogenated alkanes) is 32. The van der Waals surface area contributed by atoms with Crippen LogP contribution in [0.15, 0.2) is 48.6 Å². The molecule has 0 heterocycles. The van der Waals surface area contributed by atoms with E-state index in [9.17, 15) is 14.4 Å². The highest BCUT2D eigenvalue weighted by molar-refractivity contribution is 5.71. The largest absolute Gasteiger partial charge is 0.462 e. The van der Waals surface area contributed by atoms with Crippen LogP contribution < -0.4 is 0 Å². The highest BCUT2D eigenvalue weighted by atomic mass is 16.6. The molecule has 0 bridgehead atoms. The number of rotatable bonds is 51. The van der Waals surface area contributed by atoms with Crippen molar-refractivity contribution in [3.05, 3.63) is 48.6 Å². The van der Waals surface area contributed by atoms with Crippen LogP contribution >= 0.6 is 0 Å². The van der Waals surface area contributed by atoms with E-state index >= 15 is 0 Å². The number of allylic oxidation sites excluding steroid dienone is 8. The van der Waals surface area contributed by atoms with Gasteiger partial charge in [0.2, 0.25) is 0 Å². The van der Waals surface area contributed by atoms with Crippen molar-refractivity contribution >= 4 is 17.9 Å². The summed E-state index contributed by atoms with van der Waals surface area (Å²) in [7, 11) is 0. The second-order valence-electron chi connectivity index (χ2n) is 18.8. The molecule has 0 aromatic rings. The van der Waals surface area contributed by atoms with Crippen molar-refractivity contribution in [1.29, 1.82) is 0 Å². The summed E-state index contributed by atoms with van der Waals surface area (Å²) in [5.74, 6) is -0.875. The molecule has 65 heavy (non-hydrogen) atoms. The van der Waals surface area contributed by atoms with Crippen LogP contribution in [0.3, 0.4) is 0 Å². The summed E-state index contributed by atoms with van der Waals surface area (Å²) >= 11 is 0. The highest BCUT2D eigenvalue weighted by Crippen LogP contribution is 2.16. The maximum atomic E-state index is 12.8. The lowest BCUT2D eigenvalue weighted by Crippen LogP contribution is -2.30. The molecule has 0 radical (unpaired) electrons.